The lowest BCUT2D eigenvalue weighted by Gasteiger charge is -2.29. The van der Waals surface area contributed by atoms with E-state index in [0.29, 0.717) is 13.1 Å². The van der Waals surface area contributed by atoms with Gasteiger partial charge < -0.3 is 16.4 Å². The van der Waals surface area contributed by atoms with Crippen LogP contribution in [0.25, 0.3) is 0 Å². The Morgan fingerprint density at radius 2 is 2.06 bits per heavy atom. The van der Waals surface area contributed by atoms with Crippen molar-refractivity contribution >= 4 is 21.8 Å². The van der Waals surface area contributed by atoms with Crippen LogP contribution in [0.2, 0.25) is 0 Å². The Bertz CT molecular complexity index is 444. The minimum absolute atomic E-state index is 0.0576. The predicted molar refractivity (Wildman–Crippen MR) is 74.9 cm³/mol. The maximum absolute atomic E-state index is 12.4. The Morgan fingerprint density at radius 1 is 1.44 bits per heavy atom. The maximum Gasteiger partial charge on any atom is 0.247 e. The highest BCUT2D eigenvalue weighted by atomic mass is 79.9. The fourth-order valence-electron chi connectivity index (χ4n) is 2.22. The standard InChI is InChI=1S/C13H18BrN3O/c1-13(16,9-2-4-10(14)5-3-9)12(18)17-7-6-11(15)8-17/h2-5,11H,6-8,15-16H2,1H3/t11-,13?/m1/s1. The molecule has 1 aromatic rings. The van der Waals surface area contributed by atoms with Crippen molar-refractivity contribution in [2.24, 2.45) is 11.5 Å². The highest BCUT2D eigenvalue weighted by Crippen LogP contribution is 2.24. The van der Waals surface area contributed by atoms with Crippen LogP contribution in [0, 0.1) is 0 Å². The molecular weight excluding hydrogens is 294 g/mol. The van der Waals surface area contributed by atoms with E-state index in [9.17, 15) is 4.79 Å². The Labute approximate surface area is 115 Å². The molecule has 0 saturated carbocycles. The van der Waals surface area contributed by atoms with E-state index in [2.05, 4.69) is 15.9 Å². The molecule has 18 heavy (non-hydrogen) atoms. The second kappa shape index (κ2) is 4.99. The van der Waals surface area contributed by atoms with E-state index in [0.717, 1.165) is 16.5 Å². The lowest BCUT2D eigenvalue weighted by molar-refractivity contribution is -0.135. The topological polar surface area (TPSA) is 72.4 Å². The van der Waals surface area contributed by atoms with Gasteiger partial charge in [0.25, 0.3) is 0 Å². The Hall–Kier alpha value is -0.910. The fourth-order valence-corrected chi connectivity index (χ4v) is 2.48. The van der Waals surface area contributed by atoms with Crippen LogP contribution < -0.4 is 11.5 Å². The molecule has 1 amide bonds. The summed E-state index contributed by atoms with van der Waals surface area (Å²) in [4.78, 5) is 14.2. The van der Waals surface area contributed by atoms with E-state index < -0.39 is 5.54 Å². The molecule has 1 saturated heterocycles. The summed E-state index contributed by atoms with van der Waals surface area (Å²) < 4.78 is 0.970. The number of likely N-dealkylation sites (tertiary alicyclic amines) is 1. The predicted octanol–water partition coefficient (Wildman–Crippen LogP) is 1.18. The Kier molecular flexibility index (Phi) is 3.75. The number of hydrogen-bond acceptors (Lipinski definition) is 3. The second-order valence-electron chi connectivity index (χ2n) is 5.01. The van der Waals surface area contributed by atoms with Crippen molar-refractivity contribution in [1.29, 1.82) is 0 Å². The molecule has 0 aliphatic carbocycles. The maximum atomic E-state index is 12.4. The monoisotopic (exact) mass is 311 g/mol. The molecule has 1 aliphatic rings. The lowest BCUT2D eigenvalue weighted by atomic mass is 9.92. The number of amides is 1. The van der Waals surface area contributed by atoms with Crippen molar-refractivity contribution in [3.63, 3.8) is 0 Å². The molecule has 0 radical (unpaired) electrons. The molecule has 0 spiro atoms. The van der Waals surface area contributed by atoms with Gasteiger partial charge in [-0.1, -0.05) is 28.1 Å². The normalized spacial score (nSPS) is 22.9. The minimum Gasteiger partial charge on any atom is -0.339 e. The van der Waals surface area contributed by atoms with Gasteiger partial charge in [-0.3, -0.25) is 4.79 Å². The van der Waals surface area contributed by atoms with Gasteiger partial charge in [0.1, 0.15) is 5.54 Å². The van der Waals surface area contributed by atoms with E-state index in [-0.39, 0.29) is 11.9 Å². The van der Waals surface area contributed by atoms with Crippen LogP contribution in [0.15, 0.2) is 28.7 Å². The van der Waals surface area contributed by atoms with Crippen molar-refractivity contribution in [3.8, 4) is 0 Å². The first-order valence-corrected chi connectivity index (χ1v) is 6.80. The van der Waals surface area contributed by atoms with Gasteiger partial charge in [-0.25, -0.2) is 0 Å². The molecule has 2 atom stereocenters. The number of nitrogens with two attached hydrogens (primary N) is 2. The first-order valence-electron chi connectivity index (χ1n) is 6.01. The summed E-state index contributed by atoms with van der Waals surface area (Å²) in [7, 11) is 0. The second-order valence-corrected chi connectivity index (χ2v) is 5.92. The average molecular weight is 312 g/mol. The Balaban J connectivity index is 2.19. The largest absolute Gasteiger partial charge is 0.339 e. The van der Waals surface area contributed by atoms with E-state index >= 15 is 0 Å². The van der Waals surface area contributed by atoms with Gasteiger partial charge in [-0.05, 0) is 31.0 Å². The zero-order chi connectivity index (χ0) is 13.3. The summed E-state index contributed by atoms with van der Waals surface area (Å²) >= 11 is 3.37. The number of carbonyl (C=O) groups is 1. The fraction of sp³-hybridized carbons (Fsp3) is 0.462. The average Bonchev–Trinajstić information content (AvgIpc) is 2.75. The molecule has 1 aromatic carbocycles. The number of rotatable bonds is 2. The first-order chi connectivity index (χ1) is 8.41. The van der Waals surface area contributed by atoms with Gasteiger partial charge in [-0.2, -0.15) is 0 Å². The Morgan fingerprint density at radius 3 is 2.56 bits per heavy atom. The number of benzene rings is 1. The smallest absolute Gasteiger partial charge is 0.247 e. The summed E-state index contributed by atoms with van der Waals surface area (Å²) in [5, 5.41) is 0. The molecule has 4 nitrogen and oxygen atoms in total. The molecule has 0 bridgehead atoms. The van der Waals surface area contributed by atoms with Crippen LogP contribution in [0.4, 0.5) is 0 Å². The summed E-state index contributed by atoms with van der Waals surface area (Å²) in [6.45, 7) is 3.05. The summed E-state index contributed by atoms with van der Waals surface area (Å²) in [6, 6.07) is 7.61. The van der Waals surface area contributed by atoms with Crippen LogP contribution >= 0.6 is 15.9 Å². The minimum atomic E-state index is -0.995. The highest BCUT2D eigenvalue weighted by molar-refractivity contribution is 9.10. The van der Waals surface area contributed by atoms with E-state index in [1.165, 1.54) is 0 Å². The molecule has 1 unspecified atom stereocenters. The summed E-state index contributed by atoms with van der Waals surface area (Å²) in [5.41, 5.74) is 11.9. The van der Waals surface area contributed by atoms with Crippen molar-refractivity contribution in [2.75, 3.05) is 13.1 Å². The highest BCUT2D eigenvalue weighted by Gasteiger charge is 2.36. The molecule has 98 valence electrons. The molecule has 5 heteroatoms. The van der Waals surface area contributed by atoms with E-state index in [1.807, 2.05) is 24.3 Å². The van der Waals surface area contributed by atoms with Gasteiger partial charge in [0.2, 0.25) is 5.91 Å². The third-order valence-corrected chi connectivity index (χ3v) is 3.93. The zero-order valence-corrected chi connectivity index (χ0v) is 12.0. The van der Waals surface area contributed by atoms with Crippen LogP contribution in [-0.2, 0) is 10.3 Å². The first kappa shape index (κ1) is 13.5. The molecular formula is C13H18BrN3O. The zero-order valence-electron chi connectivity index (χ0n) is 10.4. The van der Waals surface area contributed by atoms with E-state index in [1.54, 1.807) is 11.8 Å². The van der Waals surface area contributed by atoms with Crippen LogP contribution in [-0.4, -0.2) is 29.9 Å². The van der Waals surface area contributed by atoms with Crippen molar-refractivity contribution < 1.29 is 4.79 Å². The quantitative estimate of drug-likeness (QED) is 0.861. The molecule has 1 heterocycles. The molecule has 1 aliphatic heterocycles. The van der Waals surface area contributed by atoms with E-state index in [4.69, 9.17) is 11.5 Å². The van der Waals surface area contributed by atoms with Gasteiger partial charge in [0.05, 0.1) is 0 Å². The number of nitrogens with zero attached hydrogens (tertiary/aromatic N) is 1. The molecule has 4 N–H and O–H groups in total. The number of hydrogen-bond donors (Lipinski definition) is 2. The van der Waals surface area contributed by atoms with Gasteiger partial charge in [0, 0.05) is 23.6 Å². The van der Waals surface area contributed by atoms with Crippen molar-refractivity contribution in [3.05, 3.63) is 34.3 Å². The number of carbonyl (C=O) groups excluding carboxylic acids is 1. The molecule has 2 rings (SSSR count). The van der Waals surface area contributed by atoms with Gasteiger partial charge in [-0.15, -0.1) is 0 Å². The summed E-state index contributed by atoms with van der Waals surface area (Å²) in [6.07, 6.45) is 0.849. The van der Waals surface area contributed by atoms with Gasteiger partial charge >= 0.3 is 0 Å². The van der Waals surface area contributed by atoms with Crippen molar-refractivity contribution in [2.45, 2.75) is 24.9 Å². The number of halogens is 1. The van der Waals surface area contributed by atoms with Crippen molar-refractivity contribution in [1.82, 2.24) is 4.90 Å². The van der Waals surface area contributed by atoms with Crippen LogP contribution in [0.3, 0.4) is 0 Å². The lowest BCUT2D eigenvalue weighted by Crippen LogP contribution is -2.50. The summed E-state index contributed by atoms with van der Waals surface area (Å²) in [5.74, 6) is -0.0576. The van der Waals surface area contributed by atoms with Crippen LogP contribution in [0.1, 0.15) is 18.9 Å². The molecule has 1 fully saturated rings. The van der Waals surface area contributed by atoms with Crippen LogP contribution in [0.5, 0.6) is 0 Å². The molecule has 0 aromatic heterocycles. The SMILES string of the molecule is CC(N)(C(=O)N1CC[C@@H](N)C1)c1ccc(Br)cc1. The van der Waals surface area contributed by atoms with Gasteiger partial charge in [0.15, 0.2) is 0 Å². The third-order valence-electron chi connectivity index (χ3n) is 3.40. The third kappa shape index (κ3) is 2.58.